The molecule has 1 saturated heterocycles. The van der Waals surface area contributed by atoms with E-state index in [0.717, 1.165) is 53.0 Å². The minimum absolute atomic E-state index is 0.249. The maximum Gasteiger partial charge on any atom is 0.410 e. The van der Waals surface area contributed by atoms with Crippen LogP contribution in [-0.2, 0) is 17.7 Å². The molecule has 42 heavy (non-hydrogen) atoms. The Morgan fingerprint density at radius 3 is 2.43 bits per heavy atom. The molecule has 1 amide bonds. The summed E-state index contributed by atoms with van der Waals surface area (Å²) in [6, 6.07) is 19.4. The highest BCUT2D eigenvalue weighted by Crippen LogP contribution is 2.38. The van der Waals surface area contributed by atoms with Crippen LogP contribution in [0.25, 0.3) is 28.3 Å². The van der Waals surface area contributed by atoms with Crippen molar-refractivity contribution in [2.24, 2.45) is 0 Å². The van der Waals surface area contributed by atoms with Gasteiger partial charge < -0.3 is 14.4 Å². The third kappa shape index (κ3) is 6.42. The van der Waals surface area contributed by atoms with Gasteiger partial charge >= 0.3 is 6.09 Å². The van der Waals surface area contributed by atoms with Crippen molar-refractivity contribution in [3.63, 3.8) is 0 Å². The van der Waals surface area contributed by atoms with E-state index in [1.54, 1.807) is 4.90 Å². The summed E-state index contributed by atoms with van der Waals surface area (Å²) in [5.74, 6) is 0.944. The minimum Gasteiger partial charge on any atom is -0.493 e. The first-order chi connectivity index (χ1) is 20.0. The first kappa shape index (κ1) is 29.9. The zero-order valence-corrected chi connectivity index (χ0v) is 26.3. The summed E-state index contributed by atoms with van der Waals surface area (Å²) in [5, 5.41) is 0. The van der Waals surface area contributed by atoms with Gasteiger partial charge in [-0.3, -0.25) is 4.90 Å². The Kier molecular flexibility index (Phi) is 8.52. The van der Waals surface area contributed by atoms with Gasteiger partial charge in [0.2, 0.25) is 0 Å². The van der Waals surface area contributed by atoms with Gasteiger partial charge in [-0.2, -0.15) is 0 Å². The second-order valence-electron chi connectivity index (χ2n) is 13.3. The zero-order valence-electron chi connectivity index (χ0n) is 26.3. The number of rotatable bonds is 8. The van der Waals surface area contributed by atoms with Gasteiger partial charge in [-0.1, -0.05) is 61.2 Å². The lowest BCUT2D eigenvalue weighted by atomic mass is 9.88. The fourth-order valence-corrected chi connectivity index (χ4v) is 6.11. The van der Waals surface area contributed by atoms with Crippen LogP contribution in [0.4, 0.5) is 4.79 Å². The van der Waals surface area contributed by atoms with Crippen molar-refractivity contribution in [2.75, 3.05) is 26.2 Å². The van der Waals surface area contributed by atoms with Crippen molar-refractivity contribution < 1.29 is 14.3 Å². The maximum absolute atomic E-state index is 12.6. The summed E-state index contributed by atoms with van der Waals surface area (Å²) >= 11 is 0. The maximum atomic E-state index is 12.6. The second kappa shape index (κ2) is 12.0. The number of fused-ring (bicyclic) bond motifs is 1. The Labute approximate surface area is 252 Å². The van der Waals surface area contributed by atoms with E-state index >= 15 is 0 Å². The van der Waals surface area contributed by atoms with E-state index in [4.69, 9.17) is 9.47 Å². The van der Waals surface area contributed by atoms with Crippen molar-refractivity contribution in [3.05, 3.63) is 83.4 Å². The van der Waals surface area contributed by atoms with Crippen LogP contribution in [-0.4, -0.2) is 53.3 Å². The molecule has 0 N–H and O–H groups in total. The van der Waals surface area contributed by atoms with E-state index < -0.39 is 5.60 Å². The number of hydrogen-bond acceptors (Lipinski definition) is 4. The molecule has 0 atom stereocenters. The molecule has 5 heteroatoms. The van der Waals surface area contributed by atoms with Gasteiger partial charge in [0.05, 0.1) is 6.61 Å². The van der Waals surface area contributed by atoms with Gasteiger partial charge in [-0.25, -0.2) is 4.79 Å². The van der Waals surface area contributed by atoms with Gasteiger partial charge in [0.15, 0.2) is 0 Å². The molecule has 0 spiro atoms. The molecule has 1 fully saturated rings. The van der Waals surface area contributed by atoms with Gasteiger partial charge in [0.1, 0.15) is 11.4 Å². The lowest BCUT2D eigenvalue weighted by Gasteiger charge is -2.48. The Balaban J connectivity index is 1.34. The predicted octanol–water partition coefficient (Wildman–Crippen LogP) is 8.52. The number of nitrogens with zero attached hydrogens (tertiary/aromatic N) is 2. The van der Waals surface area contributed by atoms with Crippen LogP contribution in [0.2, 0.25) is 0 Å². The summed E-state index contributed by atoms with van der Waals surface area (Å²) in [6.07, 6.45) is 4.82. The third-order valence-corrected chi connectivity index (χ3v) is 8.75. The number of amides is 1. The summed E-state index contributed by atoms with van der Waals surface area (Å²) in [5.41, 5.74) is 9.19. The molecule has 0 saturated carbocycles. The van der Waals surface area contributed by atoms with Crippen LogP contribution in [0.15, 0.2) is 61.2 Å². The van der Waals surface area contributed by atoms with Gasteiger partial charge in [-0.15, -0.1) is 0 Å². The molecular weight excluding hydrogens is 520 g/mol. The molecule has 5 nitrogen and oxygen atoms in total. The average Bonchev–Trinajstić information content (AvgIpc) is 2.95. The first-order valence-corrected chi connectivity index (χ1v) is 15.3. The SMILES string of the molecule is C=Cc1c(-c2ccc3c(c2)CCN(C(=O)OC(C)(C)C)C3)cccc1-c1cccc(OCCCN2CCC2(C)C)c1C. The Hall–Kier alpha value is -3.57. The predicted molar refractivity (Wildman–Crippen MR) is 173 cm³/mol. The molecule has 2 aliphatic rings. The van der Waals surface area contributed by atoms with Crippen LogP contribution in [0, 0.1) is 6.92 Å². The fraction of sp³-hybridized carbons (Fsp3) is 0.432. The molecule has 5 rings (SSSR count). The largest absolute Gasteiger partial charge is 0.493 e. The quantitative estimate of drug-likeness (QED) is 0.256. The molecular formula is C37H46N2O3. The van der Waals surface area contributed by atoms with Gasteiger partial charge in [0.25, 0.3) is 0 Å². The Morgan fingerprint density at radius 2 is 1.74 bits per heavy atom. The summed E-state index contributed by atoms with van der Waals surface area (Å²) in [4.78, 5) is 17.0. The van der Waals surface area contributed by atoms with Crippen molar-refractivity contribution in [3.8, 4) is 28.0 Å². The Bertz CT molecular complexity index is 1470. The Morgan fingerprint density at radius 1 is 1.00 bits per heavy atom. The summed E-state index contributed by atoms with van der Waals surface area (Å²) < 4.78 is 11.9. The number of hydrogen-bond donors (Lipinski definition) is 0. The highest BCUT2D eigenvalue weighted by molar-refractivity contribution is 5.87. The fourth-order valence-electron chi connectivity index (χ4n) is 6.11. The molecule has 3 aromatic rings. The lowest BCUT2D eigenvalue weighted by Crippen LogP contribution is -2.55. The van der Waals surface area contributed by atoms with E-state index in [1.165, 1.54) is 29.7 Å². The third-order valence-electron chi connectivity index (χ3n) is 8.75. The number of ether oxygens (including phenoxy) is 2. The molecule has 0 aromatic heterocycles. The van der Waals surface area contributed by atoms with E-state index in [9.17, 15) is 4.79 Å². The summed E-state index contributed by atoms with van der Waals surface area (Å²) in [7, 11) is 0. The molecule has 0 unspecified atom stereocenters. The number of benzene rings is 3. The van der Waals surface area contributed by atoms with Gasteiger partial charge in [0, 0.05) is 31.7 Å². The van der Waals surface area contributed by atoms with E-state index in [2.05, 4.69) is 86.8 Å². The van der Waals surface area contributed by atoms with Gasteiger partial charge in [-0.05, 0) is 111 Å². The van der Waals surface area contributed by atoms with Crippen LogP contribution in [0.3, 0.4) is 0 Å². The average molecular weight is 567 g/mol. The molecule has 0 bridgehead atoms. The molecule has 2 aliphatic heterocycles. The molecule has 222 valence electrons. The number of likely N-dealkylation sites (tertiary alicyclic amines) is 1. The number of carbonyl (C=O) groups excluding carboxylic acids is 1. The summed E-state index contributed by atoms with van der Waals surface area (Å²) in [6.45, 7) is 20.9. The van der Waals surface area contributed by atoms with Crippen molar-refractivity contribution in [1.29, 1.82) is 0 Å². The first-order valence-electron chi connectivity index (χ1n) is 15.3. The van der Waals surface area contributed by atoms with E-state index in [-0.39, 0.29) is 6.09 Å². The molecule has 2 heterocycles. The highest BCUT2D eigenvalue weighted by Gasteiger charge is 2.34. The number of carbonyl (C=O) groups is 1. The minimum atomic E-state index is -0.497. The van der Waals surface area contributed by atoms with Crippen molar-refractivity contribution >= 4 is 12.2 Å². The monoisotopic (exact) mass is 566 g/mol. The topological polar surface area (TPSA) is 42.0 Å². The molecule has 0 aliphatic carbocycles. The molecule has 0 radical (unpaired) electrons. The standard InChI is InChI=1S/C37H46N2O3/c1-8-30-32(28-16-17-29-25-38(21-18-27(29)24-28)35(40)42-36(3,4)5)13-9-14-33(30)31-12-10-15-34(26(31)2)41-23-11-20-39-22-19-37(39,6)7/h8-10,12-17,24H,1,11,18-23,25H2,2-7H3. The smallest absolute Gasteiger partial charge is 0.410 e. The van der Waals surface area contributed by atoms with Crippen molar-refractivity contribution in [2.45, 2.75) is 78.5 Å². The van der Waals surface area contributed by atoms with Crippen LogP contribution in [0.1, 0.15) is 69.7 Å². The second-order valence-corrected chi connectivity index (χ2v) is 13.3. The van der Waals surface area contributed by atoms with Crippen LogP contribution >= 0.6 is 0 Å². The normalized spacial score (nSPS) is 16.4. The van der Waals surface area contributed by atoms with Crippen LogP contribution < -0.4 is 4.74 Å². The van der Waals surface area contributed by atoms with Crippen molar-refractivity contribution in [1.82, 2.24) is 9.80 Å². The van der Waals surface area contributed by atoms with E-state index in [1.807, 2.05) is 26.8 Å². The molecule has 3 aromatic carbocycles. The zero-order chi connectivity index (χ0) is 30.1. The van der Waals surface area contributed by atoms with Crippen LogP contribution in [0.5, 0.6) is 5.75 Å². The van der Waals surface area contributed by atoms with E-state index in [0.29, 0.717) is 25.2 Å². The highest BCUT2D eigenvalue weighted by atomic mass is 16.6. The lowest BCUT2D eigenvalue weighted by molar-refractivity contribution is 0.0123.